The number of esters is 1. The maximum Gasteiger partial charge on any atom is 0.356 e. The van der Waals surface area contributed by atoms with Crippen molar-refractivity contribution in [2.24, 2.45) is 7.05 Å². The lowest BCUT2D eigenvalue weighted by Gasteiger charge is -2.03. The number of nitrogens with zero attached hydrogens (tertiary/aromatic N) is 5. The minimum absolute atomic E-state index is 0.0528. The summed E-state index contributed by atoms with van der Waals surface area (Å²) in [5.74, 6) is -0.955. The van der Waals surface area contributed by atoms with Gasteiger partial charge in [-0.2, -0.15) is 5.10 Å². The van der Waals surface area contributed by atoms with E-state index in [0.29, 0.717) is 17.1 Å². The highest BCUT2D eigenvalue weighted by Crippen LogP contribution is 2.20. The molecule has 0 atom stereocenters. The molecule has 0 spiro atoms. The van der Waals surface area contributed by atoms with E-state index in [4.69, 9.17) is 16.3 Å². The number of benzene rings is 1. The van der Waals surface area contributed by atoms with Gasteiger partial charge in [-0.15, -0.1) is 5.10 Å². The number of aromatic nitrogens is 5. The van der Waals surface area contributed by atoms with Crippen LogP contribution in [0.15, 0.2) is 36.7 Å². The molecule has 23 heavy (non-hydrogen) atoms. The van der Waals surface area contributed by atoms with E-state index in [2.05, 4.69) is 15.4 Å². The molecule has 0 unspecified atom stereocenters. The molecule has 3 rings (SSSR count). The normalized spacial score (nSPS) is 10.7. The Kier molecular flexibility index (Phi) is 4.07. The molecule has 118 valence electrons. The van der Waals surface area contributed by atoms with E-state index in [0.717, 1.165) is 0 Å². The van der Waals surface area contributed by atoms with Crippen LogP contribution in [0.3, 0.4) is 0 Å². The summed E-state index contributed by atoms with van der Waals surface area (Å²) in [7, 11) is 1.64. The SMILES string of the molecule is Cn1nccc1C(=O)OCc1cn(-c2ccc(F)cc2Cl)nn1. The second-order valence-corrected chi connectivity index (χ2v) is 5.07. The molecule has 0 saturated carbocycles. The Hall–Kier alpha value is -2.74. The van der Waals surface area contributed by atoms with E-state index >= 15 is 0 Å². The van der Waals surface area contributed by atoms with Crippen molar-refractivity contribution in [3.63, 3.8) is 0 Å². The summed E-state index contributed by atoms with van der Waals surface area (Å²) in [5, 5.41) is 11.9. The van der Waals surface area contributed by atoms with Crippen LogP contribution in [0.1, 0.15) is 16.2 Å². The molecule has 7 nitrogen and oxygen atoms in total. The maximum absolute atomic E-state index is 13.1. The summed E-state index contributed by atoms with van der Waals surface area (Å²) in [4.78, 5) is 11.9. The minimum atomic E-state index is -0.514. The Balaban J connectivity index is 1.70. The maximum atomic E-state index is 13.1. The third kappa shape index (κ3) is 3.21. The molecule has 3 aromatic rings. The molecule has 2 aromatic heterocycles. The predicted octanol–water partition coefficient (Wildman–Crippen LogP) is 2.15. The Labute approximate surface area is 135 Å². The van der Waals surface area contributed by atoms with Crippen molar-refractivity contribution in [1.29, 1.82) is 0 Å². The second kappa shape index (κ2) is 6.17. The third-order valence-corrected chi connectivity index (χ3v) is 3.38. The van der Waals surface area contributed by atoms with Gasteiger partial charge in [0, 0.05) is 13.2 Å². The van der Waals surface area contributed by atoms with Crippen LogP contribution in [0.5, 0.6) is 0 Å². The molecule has 0 saturated heterocycles. The summed E-state index contributed by atoms with van der Waals surface area (Å²) in [5.41, 5.74) is 1.24. The standard InChI is InChI=1S/C14H11ClFN5O2/c1-20-13(4-5-17-20)14(22)23-8-10-7-21(19-18-10)12-3-2-9(16)6-11(12)15/h2-7H,8H2,1H3. The molecule has 0 radical (unpaired) electrons. The minimum Gasteiger partial charge on any atom is -0.454 e. The van der Waals surface area contributed by atoms with Gasteiger partial charge in [0.25, 0.3) is 0 Å². The van der Waals surface area contributed by atoms with E-state index in [1.165, 1.54) is 33.8 Å². The highest BCUT2D eigenvalue weighted by atomic mass is 35.5. The number of carbonyl (C=O) groups excluding carboxylic acids is 1. The number of hydrogen-bond acceptors (Lipinski definition) is 5. The smallest absolute Gasteiger partial charge is 0.356 e. The van der Waals surface area contributed by atoms with Gasteiger partial charge in [0.15, 0.2) is 0 Å². The van der Waals surface area contributed by atoms with Crippen molar-refractivity contribution in [1.82, 2.24) is 24.8 Å². The van der Waals surface area contributed by atoms with Crippen LogP contribution in [0.25, 0.3) is 5.69 Å². The number of hydrogen-bond donors (Lipinski definition) is 0. The first-order valence-electron chi connectivity index (χ1n) is 6.56. The van der Waals surface area contributed by atoms with Gasteiger partial charge in [0.2, 0.25) is 0 Å². The number of aryl methyl sites for hydroxylation is 1. The van der Waals surface area contributed by atoms with E-state index in [1.807, 2.05) is 0 Å². The van der Waals surface area contributed by atoms with Crippen LogP contribution >= 0.6 is 11.6 Å². The van der Waals surface area contributed by atoms with Gasteiger partial charge >= 0.3 is 5.97 Å². The summed E-state index contributed by atoms with van der Waals surface area (Å²) in [6, 6.07) is 5.49. The highest BCUT2D eigenvalue weighted by molar-refractivity contribution is 6.32. The summed E-state index contributed by atoms with van der Waals surface area (Å²) in [6.45, 7) is -0.0528. The molecule has 0 amide bonds. The average Bonchev–Trinajstić information content (AvgIpc) is 3.14. The van der Waals surface area contributed by atoms with Crippen LogP contribution in [0.4, 0.5) is 4.39 Å². The molecule has 0 N–H and O–H groups in total. The van der Waals surface area contributed by atoms with E-state index in [-0.39, 0.29) is 11.6 Å². The van der Waals surface area contributed by atoms with Crippen LogP contribution in [0, 0.1) is 5.82 Å². The average molecular weight is 336 g/mol. The van der Waals surface area contributed by atoms with Gasteiger partial charge in [-0.25, -0.2) is 13.9 Å². The Morgan fingerprint density at radius 1 is 1.39 bits per heavy atom. The molecule has 0 bridgehead atoms. The molecule has 1 aromatic carbocycles. The van der Waals surface area contributed by atoms with Crippen LogP contribution in [0.2, 0.25) is 5.02 Å². The fourth-order valence-corrected chi connectivity index (χ4v) is 2.19. The zero-order chi connectivity index (χ0) is 16.4. The highest BCUT2D eigenvalue weighted by Gasteiger charge is 2.13. The van der Waals surface area contributed by atoms with Gasteiger partial charge in [-0.1, -0.05) is 16.8 Å². The van der Waals surface area contributed by atoms with Crippen LogP contribution in [-0.2, 0) is 18.4 Å². The summed E-state index contributed by atoms with van der Waals surface area (Å²) < 4.78 is 21.0. The first-order chi connectivity index (χ1) is 11.0. The first-order valence-corrected chi connectivity index (χ1v) is 6.94. The van der Waals surface area contributed by atoms with Crippen LogP contribution in [-0.4, -0.2) is 30.7 Å². The van der Waals surface area contributed by atoms with Gasteiger partial charge in [0.1, 0.15) is 23.8 Å². The number of carbonyl (C=O) groups is 1. The third-order valence-electron chi connectivity index (χ3n) is 3.08. The molecule has 2 heterocycles. The molecular weight excluding hydrogens is 325 g/mol. The fourth-order valence-electron chi connectivity index (χ4n) is 1.94. The van der Waals surface area contributed by atoms with Gasteiger partial charge < -0.3 is 4.74 Å². The molecule has 0 aliphatic heterocycles. The van der Waals surface area contributed by atoms with Gasteiger partial charge in [-0.3, -0.25) is 4.68 Å². The zero-order valence-electron chi connectivity index (χ0n) is 12.0. The molecular formula is C14H11ClFN5O2. The van der Waals surface area contributed by atoms with Gasteiger partial charge in [0.05, 0.1) is 16.9 Å². The zero-order valence-corrected chi connectivity index (χ0v) is 12.7. The largest absolute Gasteiger partial charge is 0.454 e. The summed E-state index contributed by atoms with van der Waals surface area (Å²) in [6.07, 6.45) is 3.05. The molecule has 0 aliphatic carbocycles. The first kappa shape index (κ1) is 15.2. The Morgan fingerprint density at radius 2 is 2.22 bits per heavy atom. The van der Waals surface area contributed by atoms with E-state index in [9.17, 15) is 9.18 Å². The number of rotatable bonds is 4. The molecule has 0 fully saturated rings. The summed E-state index contributed by atoms with van der Waals surface area (Å²) >= 11 is 5.96. The van der Waals surface area contributed by atoms with E-state index in [1.54, 1.807) is 19.3 Å². The van der Waals surface area contributed by atoms with Crippen LogP contribution < -0.4 is 0 Å². The van der Waals surface area contributed by atoms with Crippen molar-refractivity contribution in [3.05, 3.63) is 58.9 Å². The Bertz CT molecular complexity index is 860. The van der Waals surface area contributed by atoms with Gasteiger partial charge in [-0.05, 0) is 24.3 Å². The molecule has 9 heteroatoms. The second-order valence-electron chi connectivity index (χ2n) is 4.67. The van der Waals surface area contributed by atoms with E-state index < -0.39 is 11.8 Å². The molecule has 0 aliphatic rings. The lowest BCUT2D eigenvalue weighted by molar-refractivity contribution is 0.0455. The van der Waals surface area contributed by atoms with Crippen molar-refractivity contribution >= 4 is 17.6 Å². The van der Waals surface area contributed by atoms with Crippen molar-refractivity contribution in [2.45, 2.75) is 6.61 Å². The topological polar surface area (TPSA) is 74.8 Å². The Morgan fingerprint density at radius 3 is 2.91 bits per heavy atom. The fraction of sp³-hybridized carbons (Fsp3) is 0.143. The quantitative estimate of drug-likeness (QED) is 0.683. The number of halogens is 2. The predicted molar refractivity (Wildman–Crippen MR) is 78.7 cm³/mol. The van der Waals surface area contributed by atoms with Crippen molar-refractivity contribution in [2.75, 3.05) is 0 Å². The van der Waals surface area contributed by atoms with Crippen molar-refractivity contribution < 1.29 is 13.9 Å². The van der Waals surface area contributed by atoms with Crippen molar-refractivity contribution in [3.8, 4) is 5.69 Å². The monoisotopic (exact) mass is 335 g/mol. The lowest BCUT2D eigenvalue weighted by atomic mass is 10.3. The number of ether oxygens (including phenoxy) is 1. The lowest BCUT2D eigenvalue weighted by Crippen LogP contribution is -2.10.